The minimum Gasteiger partial charge on any atom is -0.341 e. The van der Waals surface area contributed by atoms with Crippen molar-refractivity contribution in [2.24, 2.45) is 10.2 Å². The van der Waals surface area contributed by atoms with Crippen molar-refractivity contribution in [3.8, 4) is 0 Å². The van der Waals surface area contributed by atoms with Crippen LogP contribution in [0.2, 0.25) is 0 Å². The Morgan fingerprint density at radius 1 is 0.800 bits per heavy atom. The largest absolute Gasteiger partial charge is 0.341 e. The van der Waals surface area contributed by atoms with E-state index in [1.165, 1.54) is 21.8 Å². The van der Waals surface area contributed by atoms with Gasteiger partial charge >= 0.3 is 0 Å². The van der Waals surface area contributed by atoms with Gasteiger partial charge in [0, 0.05) is 56.5 Å². The Hall–Kier alpha value is -2.82. The number of benzene rings is 2. The molecule has 0 radical (unpaired) electrons. The van der Waals surface area contributed by atoms with E-state index in [0.717, 1.165) is 17.7 Å². The van der Waals surface area contributed by atoms with Gasteiger partial charge in [0.1, 0.15) is 0 Å². The molecule has 0 aliphatic heterocycles. The van der Waals surface area contributed by atoms with E-state index in [1.54, 1.807) is 10.0 Å². The zero-order valence-electron chi connectivity index (χ0n) is 15.6. The van der Waals surface area contributed by atoms with Crippen LogP contribution >= 0.6 is 0 Å². The fourth-order valence-corrected chi connectivity index (χ4v) is 3.00. The number of aryl methyl sites for hydroxylation is 1. The predicted octanol–water partition coefficient (Wildman–Crippen LogP) is 3.61. The summed E-state index contributed by atoms with van der Waals surface area (Å²) in [7, 11) is 7.70. The molecule has 0 saturated carbocycles. The molecule has 1 heterocycles. The van der Waals surface area contributed by atoms with Gasteiger partial charge in [-0.05, 0) is 42.3 Å². The van der Waals surface area contributed by atoms with Crippen LogP contribution in [0.3, 0.4) is 0 Å². The maximum atomic E-state index is 4.35. The summed E-state index contributed by atoms with van der Waals surface area (Å²) in [6.45, 7) is 3.12. The van der Waals surface area contributed by atoms with Crippen LogP contribution in [-0.2, 0) is 6.54 Å². The van der Waals surface area contributed by atoms with E-state index in [4.69, 9.17) is 0 Å². The summed E-state index contributed by atoms with van der Waals surface area (Å²) in [5, 5.41) is 14.8. The molecule has 0 fully saturated rings. The number of rotatable bonds is 5. The van der Waals surface area contributed by atoms with E-state index < -0.39 is 0 Å². The van der Waals surface area contributed by atoms with Crippen molar-refractivity contribution in [3.05, 3.63) is 47.5 Å². The van der Waals surface area contributed by atoms with Gasteiger partial charge in [0.2, 0.25) is 0 Å². The zero-order chi connectivity index (χ0) is 18.0. The summed E-state index contributed by atoms with van der Waals surface area (Å²) < 4.78 is 2.35. The third-order valence-corrected chi connectivity index (χ3v) is 4.10. The molecular formula is C20H25N5. The summed E-state index contributed by atoms with van der Waals surface area (Å²) in [6.07, 6.45) is 3.79. The van der Waals surface area contributed by atoms with Crippen molar-refractivity contribution in [3.63, 3.8) is 0 Å². The number of fused-ring (bicyclic) bond motifs is 3. The van der Waals surface area contributed by atoms with Crippen molar-refractivity contribution in [1.29, 1.82) is 0 Å². The van der Waals surface area contributed by atoms with Gasteiger partial charge in [0.15, 0.2) is 0 Å². The monoisotopic (exact) mass is 335 g/mol. The van der Waals surface area contributed by atoms with Crippen molar-refractivity contribution in [1.82, 2.24) is 14.6 Å². The minimum absolute atomic E-state index is 0.941. The van der Waals surface area contributed by atoms with Crippen LogP contribution in [-0.4, -0.2) is 55.2 Å². The average molecular weight is 335 g/mol. The SMILES string of the molecule is CCn1c2ccc(/C=N/N(C)C)cc2c2cc(/C=N/N(C)C)ccc21. The van der Waals surface area contributed by atoms with Gasteiger partial charge < -0.3 is 14.6 Å². The normalized spacial score (nSPS) is 12.0. The minimum atomic E-state index is 0.941. The quantitative estimate of drug-likeness (QED) is 0.527. The Balaban J connectivity index is 2.19. The number of nitrogens with zero attached hydrogens (tertiary/aromatic N) is 5. The second-order valence-electron chi connectivity index (χ2n) is 6.48. The van der Waals surface area contributed by atoms with Gasteiger partial charge in [0.05, 0.1) is 12.4 Å². The average Bonchev–Trinajstić information content (AvgIpc) is 2.90. The molecule has 0 bridgehead atoms. The molecule has 0 N–H and O–H groups in total. The van der Waals surface area contributed by atoms with Crippen LogP contribution in [0, 0.1) is 0 Å². The molecular weight excluding hydrogens is 310 g/mol. The van der Waals surface area contributed by atoms with Crippen LogP contribution in [0.15, 0.2) is 46.6 Å². The summed E-state index contributed by atoms with van der Waals surface area (Å²) in [5.74, 6) is 0. The van der Waals surface area contributed by atoms with Crippen LogP contribution in [0.5, 0.6) is 0 Å². The molecule has 2 aromatic carbocycles. The highest BCUT2D eigenvalue weighted by molar-refractivity contribution is 6.10. The van der Waals surface area contributed by atoms with Gasteiger partial charge in [-0.25, -0.2) is 0 Å². The molecule has 3 rings (SSSR count). The predicted molar refractivity (Wildman–Crippen MR) is 108 cm³/mol. The number of hydrogen-bond donors (Lipinski definition) is 0. The molecule has 0 spiro atoms. The zero-order valence-corrected chi connectivity index (χ0v) is 15.6. The van der Waals surface area contributed by atoms with Crippen molar-refractivity contribution < 1.29 is 0 Å². The Morgan fingerprint density at radius 2 is 1.24 bits per heavy atom. The van der Waals surface area contributed by atoms with Gasteiger partial charge in [-0.2, -0.15) is 10.2 Å². The lowest BCUT2D eigenvalue weighted by Crippen LogP contribution is -2.01. The smallest absolute Gasteiger partial charge is 0.0542 e. The fourth-order valence-electron chi connectivity index (χ4n) is 3.00. The van der Waals surface area contributed by atoms with Gasteiger partial charge in [0.25, 0.3) is 0 Å². The third-order valence-electron chi connectivity index (χ3n) is 4.10. The van der Waals surface area contributed by atoms with E-state index in [0.29, 0.717) is 0 Å². The lowest BCUT2D eigenvalue weighted by Gasteiger charge is -2.04. The lowest BCUT2D eigenvalue weighted by atomic mass is 10.1. The summed E-state index contributed by atoms with van der Waals surface area (Å²) in [4.78, 5) is 0. The molecule has 0 amide bonds. The van der Waals surface area contributed by atoms with Crippen LogP contribution in [0.1, 0.15) is 18.1 Å². The highest BCUT2D eigenvalue weighted by atomic mass is 15.4. The molecule has 0 atom stereocenters. The third kappa shape index (κ3) is 3.50. The summed E-state index contributed by atoms with van der Waals surface area (Å²) in [5.41, 5.74) is 4.70. The number of hydrogen-bond acceptors (Lipinski definition) is 4. The van der Waals surface area contributed by atoms with Gasteiger partial charge in [-0.3, -0.25) is 0 Å². The molecule has 0 aliphatic carbocycles. The second-order valence-corrected chi connectivity index (χ2v) is 6.48. The molecule has 5 nitrogen and oxygen atoms in total. The van der Waals surface area contributed by atoms with E-state index in [2.05, 4.69) is 58.1 Å². The van der Waals surface area contributed by atoms with Crippen LogP contribution in [0.4, 0.5) is 0 Å². The van der Waals surface area contributed by atoms with E-state index >= 15 is 0 Å². The molecule has 25 heavy (non-hydrogen) atoms. The molecule has 0 aliphatic rings. The van der Waals surface area contributed by atoms with Crippen molar-refractivity contribution in [2.75, 3.05) is 28.2 Å². The van der Waals surface area contributed by atoms with Crippen molar-refractivity contribution in [2.45, 2.75) is 13.5 Å². The van der Waals surface area contributed by atoms with E-state index in [9.17, 15) is 0 Å². The first-order valence-electron chi connectivity index (χ1n) is 8.48. The molecule has 5 heteroatoms. The maximum Gasteiger partial charge on any atom is 0.0542 e. The highest BCUT2D eigenvalue weighted by Gasteiger charge is 2.10. The highest BCUT2D eigenvalue weighted by Crippen LogP contribution is 2.30. The molecule has 0 unspecified atom stereocenters. The van der Waals surface area contributed by atoms with Crippen LogP contribution < -0.4 is 0 Å². The Kier molecular flexibility index (Phi) is 4.74. The van der Waals surface area contributed by atoms with Crippen molar-refractivity contribution >= 4 is 34.2 Å². The lowest BCUT2D eigenvalue weighted by molar-refractivity contribution is 0.440. The first kappa shape index (κ1) is 17.0. The van der Waals surface area contributed by atoms with Gasteiger partial charge in [-0.1, -0.05) is 12.1 Å². The first-order valence-corrected chi connectivity index (χ1v) is 8.48. The molecule has 1 aromatic heterocycles. The van der Waals surface area contributed by atoms with E-state index in [-0.39, 0.29) is 0 Å². The fraction of sp³-hybridized carbons (Fsp3) is 0.300. The topological polar surface area (TPSA) is 36.1 Å². The Bertz CT molecular complexity index is 872. The van der Waals surface area contributed by atoms with Gasteiger partial charge in [-0.15, -0.1) is 0 Å². The second kappa shape index (κ2) is 6.97. The number of aromatic nitrogens is 1. The Morgan fingerprint density at radius 3 is 1.60 bits per heavy atom. The summed E-state index contributed by atoms with van der Waals surface area (Å²) >= 11 is 0. The summed E-state index contributed by atoms with van der Waals surface area (Å²) in [6, 6.07) is 13.0. The Labute approximate surface area is 148 Å². The molecule has 0 saturated heterocycles. The van der Waals surface area contributed by atoms with Crippen LogP contribution in [0.25, 0.3) is 21.8 Å². The first-order chi connectivity index (χ1) is 12.0. The molecule has 3 aromatic rings. The molecule has 130 valence electrons. The number of hydrazone groups is 2. The maximum absolute atomic E-state index is 4.35. The van der Waals surface area contributed by atoms with E-state index in [1.807, 2.05) is 40.6 Å². The standard InChI is InChI=1S/C20H25N5/c1-6-25-19-9-7-15(13-21-23(2)3)11-17(19)18-12-16(8-10-20(18)25)14-22-24(4)5/h7-14H,6H2,1-5H3/b21-13+,22-14+.